The van der Waals surface area contributed by atoms with Gasteiger partial charge in [0.25, 0.3) is 5.91 Å². The second kappa shape index (κ2) is 9.70. The van der Waals surface area contributed by atoms with Gasteiger partial charge in [-0.1, -0.05) is 30.3 Å². The van der Waals surface area contributed by atoms with E-state index in [0.717, 1.165) is 17.7 Å². The van der Waals surface area contributed by atoms with E-state index in [9.17, 15) is 22.8 Å². The monoisotopic (exact) mass is 449 g/mol. The van der Waals surface area contributed by atoms with Crippen LogP contribution in [0.2, 0.25) is 0 Å². The molecule has 0 radical (unpaired) electrons. The van der Waals surface area contributed by atoms with Crippen molar-refractivity contribution in [2.75, 3.05) is 13.1 Å². The van der Waals surface area contributed by atoms with E-state index in [1.165, 1.54) is 6.07 Å². The van der Waals surface area contributed by atoms with E-state index >= 15 is 0 Å². The molecule has 9 heteroatoms. The van der Waals surface area contributed by atoms with Crippen LogP contribution in [0, 0.1) is 0 Å². The highest BCUT2D eigenvalue weighted by molar-refractivity contribution is 5.93. The first-order valence-corrected chi connectivity index (χ1v) is 10.3. The third kappa shape index (κ3) is 5.66. The van der Waals surface area contributed by atoms with Crippen LogP contribution in [-0.4, -0.2) is 52.0 Å². The predicted octanol–water partition coefficient (Wildman–Crippen LogP) is 3.49. The molecule has 0 bridgehead atoms. The first kappa shape index (κ1) is 23.7. The van der Waals surface area contributed by atoms with Crippen molar-refractivity contribution in [1.29, 1.82) is 0 Å². The molecule has 6 nitrogen and oxygen atoms in total. The summed E-state index contributed by atoms with van der Waals surface area (Å²) < 4.78 is 38.9. The molecular weight excluding hydrogens is 423 g/mol. The summed E-state index contributed by atoms with van der Waals surface area (Å²) in [6.45, 7) is 5.74. The molecule has 2 amide bonds. The Kier molecular flexibility index (Phi) is 7.20. The fraction of sp³-hybridized carbons (Fsp3) is 0.391. The number of hydroxylamine groups is 1. The first-order chi connectivity index (χ1) is 15.1. The highest BCUT2D eigenvalue weighted by Gasteiger charge is 2.34. The average Bonchev–Trinajstić information content (AvgIpc) is 2.73. The normalized spacial score (nSPS) is 19.6. The lowest BCUT2D eigenvalue weighted by molar-refractivity contribution is -0.139. The maximum absolute atomic E-state index is 13.0. The number of alkyl halides is 3. The van der Waals surface area contributed by atoms with Crippen molar-refractivity contribution in [3.05, 3.63) is 70.8 Å². The van der Waals surface area contributed by atoms with Gasteiger partial charge in [0.15, 0.2) is 0 Å². The van der Waals surface area contributed by atoms with Gasteiger partial charge < -0.3 is 4.90 Å². The standard InChI is InChI=1S/C23H26F3N3O3/c1-15-12-28(14-17-6-8-19(9-7-17)22(31)27-32)13-16(2)29(15)21(30)11-18-4-3-5-20(10-18)23(24,25)26/h3-10,15-16,32H,11-14H2,1-2H3,(H,27,31)/t15-,16+. The topological polar surface area (TPSA) is 72.9 Å². The predicted molar refractivity (Wildman–Crippen MR) is 112 cm³/mol. The van der Waals surface area contributed by atoms with Gasteiger partial charge in [0, 0.05) is 37.3 Å². The molecule has 0 aromatic heterocycles. The zero-order valence-electron chi connectivity index (χ0n) is 17.9. The highest BCUT2D eigenvalue weighted by atomic mass is 19.4. The lowest BCUT2D eigenvalue weighted by atomic mass is 10.0. The van der Waals surface area contributed by atoms with Crippen LogP contribution >= 0.6 is 0 Å². The summed E-state index contributed by atoms with van der Waals surface area (Å²) in [7, 11) is 0. The number of hydrogen-bond acceptors (Lipinski definition) is 4. The minimum atomic E-state index is -4.44. The van der Waals surface area contributed by atoms with Crippen LogP contribution < -0.4 is 5.48 Å². The van der Waals surface area contributed by atoms with E-state index in [2.05, 4.69) is 4.90 Å². The number of amides is 2. The number of benzene rings is 2. The molecule has 0 aliphatic carbocycles. The Bertz CT molecular complexity index is 951. The Morgan fingerprint density at radius 3 is 2.22 bits per heavy atom. The maximum atomic E-state index is 13.0. The highest BCUT2D eigenvalue weighted by Crippen LogP contribution is 2.30. The van der Waals surface area contributed by atoms with Crippen molar-refractivity contribution >= 4 is 11.8 Å². The van der Waals surface area contributed by atoms with Crippen LogP contribution in [0.25, 0.3) is 0 Å². The SMILES string of the molecule is C[C@@H]1CN(Cc2ccc(C(=O)NO)cc2)C[C@H](C)N1C(=O)Cc1cccc(C(F)(F)F)c1. The zero-order chi connectivity index (χ0) is 23.5. The summed E-state index contributed by atoms with van der Waals surface area (Å²) in [6.07, 6.45) is -4.52. The molecule has 1 aliphatic heterocycles. The molecule has 32 heavy (non-hydrogen) atoms. The van der Waals surface area contributed by atoms with Gasteiger partial charge in [-0.3, -0.25) is 19.7 Å². The fourth-order valence-electron chi connectivity index (χ4n) is 4.26. The van der Waals surface area contributed by atoms with Crippen LogP contribution in [0.15, 0.2) is 48.5 Å². The molecule has 2 aromatic carbocycles. The smallest absolute Gasteiger partial charge is 0.334 e. The van der Waals surface area contributed by atoms with Crippen molar-refractivity contribution in [3.8, 4) is 0 Å². The molecule has 2 aromatic rings. The van der Waals surface area contributed by atoms with Crippen LogP contribution in [0.4, 0.5) is 13.2 Å². The van der Waals surface area contributed by atoms with Gasteiger partial charge in [0.2, 0.25) is 5.91 Å². The first-order valence-electron chi connectivity index (χ1n) is 10.3. The molecule has 1 heterocycles. The fourth-order valence-corrected chi connectivity index (χ4v) is 4.26. The number of piperazine rings is 1. The minimum absolute atomic E-state index is 0.0764. The number of hydrogen-bond donors (Lipinski definition) is 2. The second-order valence-electron chi connectivity index (χ2n) is 8.21. The zero-order valence-corrected chi connectivity index (χ0v) is 17.9. The van der Waals surface area contributed by atoms with Crippen molar-refractivity contribution < 1.29 is 28.0 Å². The van der Waals surface area contributed by atoms with Gasteiger partial charge in [0.1, 0.15) is 0 Å². The third-order valence-corrected chi connectivity index (χ3v) is 5.62. The quantitative estimate of drug-likeness (QED) is 0.542. The molecule has 172 valence electrons. The summed E-state index contributed by atoms with van der Waals surface area (Å²) in [4.78, 5) is 28.3. The van der Waals surface area contributed by atoms with E-state index in [4.69, 9.17) is 5.21 Å². The summed E-state index contributed by atoms with van der Waals surface area (Å²) >= 11 is 0. The largest absolute Gasteiger partial charge is 0.416 e. The van der Waals surface area contributed by atoms with Crippen LogP contribution in [0.5, 0.6) is 0 Å². The molecule has 1 fully saturated rings. The summed E-state index contributed by atoms with van der Waals surface area (Å²) in [5, 5.41) is 8.70. The van der Waals surface area contributed by atoms with Gasteiger partial charge in [0.05, 0.1) is 12.0 Å². The molecule has 2 atom stereocenters. The molecule has 3 rings (SSSR count). The number of carbonyl (C=O) groups is 2. The second-order valence-corrected chi connectivity index (χ2v) is 8.21. The summed E-state index contributed by atoms with van der Waals surface area (Å²) in [5.41, 5.74) is 2.53. The van der Waals surface area contributed by atoms with Gasteiger partial charge in [-0.2, -0.15) is 13.2 Å². The lowest BCUT2D eigenvalue weighted by Gasteiger charge is -2.44. The minimum Gasteiger partial charge on any atom is -0.334 e. The van der Waals surface area contributed by atoms with Gasteiger partial charge >= 0.3 is 6.18 Å². The van der Waals surface area contributed by atoms with Crippen LogP contribution in [-0.2, 0) is 23.9 Å². The number of carbonyl (C=O) groups excluding carboxylic acids is 2. The summed E-state index contributed by atoms with van der Waals surface area (Å²) in [5.74, 6) is -0.768. The van der Waals surface area contributed by atoms with Crippen molar-refractivity contribution in [2.45, 2.75) is 45.1 Å². The van der Waals surface area contributed by atoms with Gasteiger partial charge in [-0.25, -0.2) is 5.48 Å². The van der Waals surface area contributed by atoms with E-state index in [-0.39, 0.29) is 24.4 Å². The van der Waals surface area contributed by atoms with Gasteiger partial charge in [-0.05, 0) is 43.2 Å². The molecule has 2 N–H and O–H groups in total. The van der Waals surface area contributed by atoms with E-state index in [1.54, 1.807) is 28.6 Å². The number of nitrogens with one attached hydrogen (secondary N) is 1. The molecule has 0 saturated carbocycles. The molecular formula is C23H26F3N3O3. The molecule has 0 spiro atoms. The van der Waals surface area contributed by atoms with Crippen LogP contribution in [0.1, 0.15) is 40.9 Å². The Labute approximate surface area is 184 Å². The number of halogens is 3. The van der Waals surface area contributed by atoms with Crippen molar-refractivity contribution in [3.63, 3.8) is 0 Å². The molecule has 1 saturated heterocycles. The molecule has 1 aliphatic rings. The van der Waals surface area contributed by atoms with Gasteiger partial charge in [-0.15, -0.1) is 0 Å². The Balaban J connectivity index is 1.62. The Morgan fingerprint density at radius 1 is 1.03 bits per heavy atom. The number of rotatable bonds is 5. The Hall–Kier alpha value is -2.91. The van der Waals surface area contributed by atoms with Crippen molar-refractivity contribution in [1.82, 2.24) is 15.3 Å². The Morgan fingerprint density at radius 2 is 1.66 bits per heavy atom. The lowest BCUT2D eigenvalue weighted by Crippen LogP contribution is -2.58. The van der Waals surface area contributed by atoms with E-state index < -0.39 is 17.6 Å². The number of nitrogens with zero attached hydrogens (tertiary/aromatic N) is 2. The summed E-state index contributed by atoms with van der Waals surface area (Å²) in [6, 6.07) is 11.6. The van der Waals surface area contributed by atoms with E-state index in [1.807, 2.05) is 26.0 Å². The van der Waals surface area contributed by atoms with Crippen molar-refractivity contribution in [2.24, 2.45) is 0 Å². The van der Waals surface area contributed by atoms with E-state index in [0.29, 0.717) is 30.8 Å². The average molecular weight is 449 g/mol. The third-order valence-electron chi connectivity index (χ3n) is 5.62. The molecule has 0 unspecified atom stereocenters. The van der Waals surface area contributed by atoms with Crippen LogP contribution in [0.3, 0.4) is 0 Å². The maximum Gasteiger partial charge on any atom is 0.416 e.